The van der Waals surface area contributed by atoms with Gasteiger partial charge in [-0.2, -0.15) is 0 Å². The van der Waals surface area contributed by atoms with Crippen molar-refractivity contribution in [1.29, 1.82) is 0 Å². The summed E-state index contributed by atoms with van der Waals surface area (Å²) in [5, 5.41) is 24.0. The van der Waals surface area contributed by atoms with Gasteiger partial charge in [0.2, 0.25) is 5.78 Å². The standard InChI is InChI=1S/C29H38N2O6/c1-6-8-16-37-23-13-11-21(17-19(23)3)27(33)25-26(20-10-12-22(32)24(18-20)36-7-2)31(29(35)28(25)34)15-9-14-30(4)5/h10-13,17-18,26,32-33H,6-9,14-16H2,1-5H3. The molecule has 0 aliphatic carbocycles. The van der Waals surface area contributed by atoms with Gasteiger partial charge in [-0.1, -0.05) is 31.2 Å². The maximum absolute atomic E-state index is 13.8. The molecule has 0 spiro atoms. The fraction of sp³-hybridized carbons (Fsp3) is 0.448. The molecule has 1 aliphatic heterocycles. The van der Waals surface area contributed by atoms with Gasteiger partial charge >= 0.3 is 0 Å². The molecule has 0 aromatic heterocycles. The topological polar surface area (TPSA) is 104 Å². The predicted molar refractivity (Wildman–Crippen MR) is 140 cm³/mol. The molecule has 1 heterocycles. The second kappa shape index (κ2) is 12.6. The van der Waals surface area contributed by atoms with Crippen LogP contribution in [0.25, 0.3) is 5.76 Å². The van der Waals surface area contributed by atoms with E-state index >= 15 is 0 Å². The number of hydrogen-bond donors (Lipinski definition) is 2. The molecule has 37 heavy (non-hydrogen) atoms. The molecule has 0 bridgehead atoms. The Hall–Kier alpha value is -3.52. The number of ether oxygens (including phenoxy) is 2. The number of carbonyl (C=O) groups excluding carboxylic acids is 2. The van der Waals surface area contributed by atoms with E-state index in [4.69, 9.17) is 9.47 Å². The molecule has 1 saturated heterocycles. The first-order valence-corrected chi connectivity index (χ1v) is 12.9. The summed E-state index contributed by atoms with van der Waals surface area (Å²) in [6, 6.07) is 8.89. The summed E-state index contributed by atoms with van der Waals surface area (Å²) in [5.41, 5.74) is 1.56. The highest BCUT2D eigenvalue weighted by Crippen LogP contribution is 2.41. The predicted octanol–water partition coefficient (Wildman–Crippen LogP) is 2.04. The number of quaternary nitrogens is 1. The third-order valence-corrected chi connectivity index (χ3v) is 6.40. The van der Waals surface area contributed by atoms with Gasteiger partial charge in [-0.25, -0.2) is 0 Å². The van der Waals surface area contributed by atoms with Crippen molar-refractivity contribution in [2.45, 2.75) is 46.1 Å². The SMILES string of the molecule is CCCCOc1ccc(C([O-])=C2C(=O)C(=O)N(CCC[NH+](C)C)C2c2ccc(O)c(OCC)c2)cc1C. The van der Waals surface area contributed by atoms with Crippen LogP contribution in [0.4, 0.5) is 0 Å². The number of nitrogens with zero attached hydrogens (tertiary/aromatic N) is 1. The van der Waals surface area contributed by atoms with E-state index < -0.39 is 23.5 Å². The van der Waals surface area contributed by atoms with Crippen LogP contribution in [0.1, 0.15) is 55.8 Å². The van der Waals surface area contributed by atoms with Crippen LogP contribution < -0.4 is 19.5 Å². The number of amides is 1. The quantitative estimate of drug-likeness (QED) is 0.196. The fourth-order valence-electron chi connectivity index (χ4n) is 4.46. The van der Waals surface area contributed by atoms with Crippen molar-refractivity contribution in [2.24, 2.45) is 0 Å². The van der Waals surface area contributed by atoms with Crippen LogP contribution in [0.5, 0.6) is 17.2 Å². The van der Waals surface area contributed by atoms with E-state index in [9.17, 15) is 19.8 Å². The Morgan fingerprint density at radius 3 is 2.46 bits per heavy atom. The molecular formula is C29H38N2O6. The average molecular weight is 511 g/mol. The lowest BCUT2D eigenvalue weighted by Crippen LogP contribution is -3.05. The lowest BCUT2D eigenvalue weighted by molar-refractivity contribution is -0.858. The highest BCUT2D eigenvalue weighted by atomic mass is 16.5. The Bertz CT molecular complexity index is 1160. The van der Waals surface area contributed by atoms with Gasteiger partial charge in [0.1, 0.15) is 5.75 Å². The number of aryl methyl sites for hydroxylation is 1. The van der Waals surface area contributed by atoms with E-state index in [-0.39, 0.29) is 17.1 Å². The van der Waals surface area contributed by atoms with Crippen molar-refractivity contribution >= 4 is 17.4 Å². The monoisotopic (exact) mass is 510 g/mol. The highest BCUT2D eigenvalue weighted by molar-refractivity contribution is 6.46. The molecule has 2 aromatic carbocycles. The molecule has 3 rings (SSSR count). The number of Topliss-reactive ketones (excluding diaryl/α,β-unsaturated/α-hetero) is 1. The number of nitrogens with one attached hydrogen (secondary N) is 1. The summed E-state index contributed by atoms with van der Waals surface area (Å²) < 4.78 is 11.3. The van der Waals surface area contributed by atoms with E-state index in [0.29, 0.717) is 43.1 Å². The van der Waals surface area contributed by atoms with Gasteiger partial charge in [-0.15, -0.1) is 0 Å². The van der Waals surface area contributed by atoms with Crippen LogP contribution in [0.2, 0.25) is 0 Å². The van der Waals surface area contributed by atoms with Gasteiger partial charge in [-0.3, -0.25) is 9.59 Å². The summed E-state index contributed by atoms with van der Waals surface area (Å²) in [4.78, 5) is 29.1. The molecule has 8 nitrogen and oxygen atoms in total. The average Bonchev–Trinajstić information content (AvgIpc) is 3.11. The Labute approximate surface area is 219 Å². The smallest absolute Gasteiger partial charge is 0.295 e. The molecule has 0 saturated carbocycles. The number of benzene rings is 2. The van der Waals surface area contributed by atoms with Crippen molar-refractivity contribution in [1.82, 2.24) is 4.90 Å². The Morgan fingerprint density at radius 1 is 1.05 bits per heavy atom. The number of carbonyl (C=O) groups is 2. The lowest BCUT2D eigenvalue weighted by atomic mass is 9.94. The van der Waals surface area contributed by atoms with Gasteiger partial charge in [-0.05, 0) is 61.2 Å². The number of aromatic hydroxyl groups is 1. The first kappa shape index (κ1) is 28.1. The Morgan fingerprint density at radius 2 is 1.81 bits per heavy atom. The van der Waals surface area contributed by atoms with Gasteiger partial charge in [0.05, 0.1) is 39.9 Å². The Balaban J connectivity index is 2.08. The summed E-state index contributed by atoms with van der Waals surface area (Å²) >= 11 is 0. The molecule has 0 radical (unpaired) electrons. The number of likely N-dealkylation sites (tertiary alicyclic amines) is 1. The second-order valence-electron chi connectivity index (χ2n) is 9.63. The second-order valence-corrected chi connectivity index (χ2v) is 9.63. The van der Waals surface area contributed by atoms with Crippen LogP contribution in [-0.2, 0) is 9.59 Å². The molecule has 2 N–H and O–H groups in total. The summed E-state index contributed by atoms with van der Waals surface area (Å²) in [6.45, 7) is 7.77. The lowest BCUT2D eigenvalue weighted by Gasteiger charge is -2.28. The van der Waals surface area contributed by atoms with Crippen molar-refractivity contribution in [2.75, 3.05) is 40.4 Å². The number of unbranched alkanes of at least 4 members (excludes halogenated alkanes) is 1. The van der Waals surface area contributed by atoms with Crippen molar-refractivity contribution in [3.8, 4) is 17.2 Å². The minimum absolute atomic E-state index is 0.0498. The zero-order chi connectivity index (χ0) is 27.1. The van der Waals surface area contributed by atoms with Gasteiger partial charge in [0.25, 0.3) is 5.91 Å². The van der Waals surface area contributed by atoms with Crippen molar-refractivity contribution < 1.29 is 34.2 Å². The largest absolute Gasteiger partial charge is 0.872 e. The highest BCUT2D eigenvalue weighted by Gasteiger charge is 2.44. The molecule has 2 aromatic rings. The van der Waals surface area contributed by atoms with Gasteiger partial charge < -0.3 is 29.5 Å². The molecule has 1 atom stereocenters. The van der Waals surface area contributed by atoms with Crippen molar-refractivity contribution in [3.05, 3.63) is 58.7 Å². The molecular weight excluding hydrogens is 472 g/mol. The first-order valence-electron chi connectivity index (χ1n) is 12.9. The summed E-state index contributed by atoms with van der Waals surface area (Å²) in [5.74, 6) is -1.10. The molecule has 1 aliphatic rings. The van der Waals surface area contributed by atoms with E-state index in [0.717, 1.165) is 24.9 Å². The molecule has 1 unspecified atom stereocenters. The van der Waals surface area contributed by atoms with E-state index in [1.54, 1.807) is 37.3 Å². The normalized spacial score (nSPS) is 17.0. The molecule has 1 fully saturated rings. The minimum Gasteiger partial charge on any atom is -0.872 e. The van der Waals surface area contributed by atoms with Crippen LogP contribution in [0, 0.1) is 6.92 Å². The van der Waals surface area contributed by atoms with E-state index in [1.165, 1.54) is 15.9 Å². The molecule has 8 heteroatoms. The van der Waals surface area contributed by atoms with E-state index in [1.807, 2.05) is 21.0 Å². The van der Waals surface area contributed by atoms with Gasteiger partial charge in [0.15, 0.2) is 11.5 Å². The van der Waals surface area contributed by atoms with Crippen LogP contribution >= 0.6 is 0 Å². The zero-order valence-electron chi connectivity index (χ0n) is 22.4. The third kappa shape index (κ3) is 6.43. The summed E-state index contributed by atoms with van der Waals surface area (Å²) in [6.07, 6.45) is 2.61. The van der Waals surface area contributed by atoms with E-state index in [2.05, 4.69) is 6.92 Å². The first-order chi connectivity index (χ1) is 17.7. The van der Waals surface area contributed by atoms with Crippen molar-refractivity contribution in [3.63, 3.8) is 0 Å². The number of hydrogen-bond acceptors (Lipinski definition) is 6. The maximum Gasteiger partial charge on any atom is 0.295 e. The zero-order valence-corrected chi connectivity index (χ0v) is 22.4. The fourth-order valence-corrected chi connectivity index (χ4v) is 4.46. The molecule has 200 valence electrons. The summed E-state index contributed by atoms with van der Waals surface area (Å²) in [7, 11) is 4.03. The van der Waals surface area contributed by atoms with Crippen LogP contribution in [0.3, 0.4) is 0 Å². The Kier molecular flexibility index (Phi) is 9.58. The van der Waals surface area contributed by atoms with Crippen LogP contribution in [0.15, 0.2) is 42.0 Å². The third-order valence-electron chi connectivity index (χ3n) is 6.40. The number of phenolic OH excluding ortho intramolecular Hbond substituents is 1. The number of phenols is 1. The number of rotatable bonds is 12. The van der Waals surface area contributed by atoms with Crippen LogP contribution in [-0.4, -0.2) is 62.1 Å². The number of ketones is 1. The minimum atomic E-state index is -0.870. The van der Waals surface area contributed by atoms with Gasteiger partial charge in [0, 0.05) is 18.5 Å². The maximum atomic E-state index is 13.8. The molecule has 1 amide bonds.